The lowest BCUT2D eigenvalue weighted by atomic mass is 10.2. The first-order valence-corrected chi connectivity index (χ1v) is 9.41. The summed E-state index contributed by atoms with van der Waals surface area (Å²) in [4.78, 5) is 23.8. The van der Waals surface area contributed by atoms with Gasteiger partial charge >= 0.3 is 0 Å². The van der Waals surface area contributed by atoms with Crippen LogP contribution in [0.25, 0.3) is 10.2 Å². The highest BCUT2D eigenvalue weighted by Crippen LogP contribution is 2.27. The lowest BCUT2D eigenvalue weighted by Crippen LogP contribution is -2.33. The lowest BCUT2D eigenvalue weighted by molar-refractivity contribution is 0.107. The molecule has 0 fully saturated rings. The van der Waals surface area contributed by atoms with E-state index in [0.717, 1.165) is 16.1 Å². The van der Waals surface area contributed by atoms with Crippen molar-refractivity contribution < 1.29 is 5.11 Å². The van der Waals surface area contributed by atoms with Gasteiger partial charge in [-0.15, -0.1) is 24.5 Å². The average Bonchev–Trinajstić information content (AvgIpc) is 2.98. The number of nitrogens with one attached hydrogen (secondary N) is 1. The number of allylic oxidation sites excluding steroid dienone is 1. The van der Waals surface area contributed by atoms with Crippen LogP contribution in [0.2, 0.25) is 0 Å². The van der Waals surface area contributed by atoms with Crippen molar-refractivity contribution in [3.05, 3.63) is 52.4 Å². The Kier molecular flexibility index (Phi) is 7.11. The second-order valence-electron chi connectivity index (χ2n) is 6.54. The molecule has 2 rings (SSSR count). The van der Waals surface area contributed by atoms with Crippen molar-refractivity contribution in [2.75, 3.05) is 13.1 Å². The molecule has 6 heteroatoms. The van der Waals surface area contributed by atoms with E-state index in [2.05, 4.69) is 37.0 Å². The third-order valence-corrected chi connectivity index (χ3v) is 5.30. The Hall–Kier alpha value is -1.76. The summed E-state index contributed by atoms with van der Waals surface area (Å²) < 4.78 is 0. The van der Waals surface area contributed by atoms with Gasteiger partial charge in [0.1, 0.15) is 10.7 Å². The van der Waals surface area contributed by atoms with Crippen LogP contribution in [0, 0.1) is 0 Å². The molecule has 136 valence electrons. The second-order valence-corrected chi connectivity index (χ2v) is 7.60. The van der Waals surface area contributed by atoms with Crippen molar-refractivity contribution in [1.82, 2.24) is 14.9 Å². The summed E-state index contributed by atoms with van der Waals surface area (Å²) in [6.45, 7) is 13.3. The van der Waals surface area contributed by atoms with Crippen LogP contribution >= 0.6 is 11.3 Å². The molecule has 2 N–H and O–H groups in total. The monoisotopic (exact) mass is 361 g/mol. The molecule has 1 unspecified atom stereocenters. The maximum absolute atomic E-state index is 12.4. The third kappa shape index (κ3) is 5.36. The van der Waals surface area contributed by atoms with E-state index >= 15 is 0 Å². The van der Waals surface area contributed by atoms with Crippen molar-refractivity contribution >= 4 is 21.6 Å². The standard InChI is InChI=1S/C19H27N3O2S/c1-5-7-8-14(23)11-22(9-6-2)12-17-20-18(24)15-10-16(13(3)4)25-19(15)21-17/h5-6,10,13-14,23H,1-2,7-9,11-12H2,3-4H3,(H,20,21,24). The third-order valence-electron chi connectivity index (χ3n) is 3.97. The quantitative estimate of drug-likeness (QED) is 0.636. The predicted molar refractivity (Wildman–Crippen MR) is 105 cm³/mol. The first-order valence-electron chi connectivity index (χ1n) is 8.59. The fourth-order valence-corrected chi connectivity index (χ4v) is 3.70. The largest absolute Gasteiger partial charge is 0.392 e. The van der Waals surface area contributed by atoms with Crippen molar-refractivity contribution in [1.29, 1.82) is 0 Å². The fraction of sp³-hybridized carbons (Fsp3) is 0.474. The molecule has 0 aliphatic rings. The Morgan fingerprint density at radius 2 is 2.16 bits per heavy atom. The zero-order chi connectivity index (χ0) is 18.4. The van der Waals surface area contributed by atoms with Crippen LogP contribution in [-0.4, -0.2) is 39.2 Å². The number of rotatable bonds is 10. The zero-order valence-electron chi connectivity index (χ0n) is 15.0. The first kappa shape index (κ1) is 19.6. The number of H-pyrrole nitrogens is 1. The molecule has 2 aromatic rings. The van der Waals surface area contributed by atoms with Crippen molar-refractivity contribution in [3.63, 3.8) is 0 Å². The summed E-state index contributed by atoms with van der Waals surface area (Å²) >= 11 is 1.57. The van der Waals surface area contributed by atoms with Crippen LogP contribution in [0.4, 0.5) is 0 Å². The van der Waals surface area contributed by atoms with Gasteiger partial charge in [-0.2, -0.15) is 0 Å². The van der Waals surface area contributed by atoms with Gasteiger partial charge in [-0.25, -0.2) is 4.98 Å². The van der Waals surface area contributed by atoms with Gasteiger partial charge in [-0.05, 0) is 24.8 Å². The molecule has 25 heavy (non-hydrogen) atoms. The number of hydrogen-bond acceptors (Lipinski definition) is 5. The predicted octanol–water partition coefficient (Wildman–Crippen LogP) is 3.42. The average molecular weight is 362 g/mol. The van der Waals surface area contributed by atoms with Crippen molar-refractivity contribution in [2.24, 2.45) is 0 Å². The molecule has 0 saturated carbocycles. The van der Waals surface area contributed by atoms with Crippen molar-refractivity contribution in [2.45, 2.75) is 45.3 Å². The van der Waals surface area contributed by atoms with Crippen LogP contribution in [0.3, 0.4) is 0 Å². The van der Waals surface area contributed by atoms with E-state index < -0.39 is 6.10 Å². The van der Waals surface area contributed by atoms with E-state index in [9.17, 15) is 9.90 Å². The molecule has 2 aromatic heterocycles. The van der Waals surface area contributed by atoms with Gasteiger partial charge < -0.3 is 10.1 Å². The molecule has 0 radical (unpaired) electrons. The van der Waals surface area contributed by atoms with Crippen LogP contribution in [0.5, 0.6) is 0 Å². The van der Waals surface area contributed by atoms with E-state index in [1.165, 1.54) is 0 Å². The maximum Gasteiger partial charge on any atom is 0.259 e. The molecule has 0 aliphatic heterocycles. The van der Waals surface area contributed by atoms with Crippen LogP contribution in [0.15, 0.2) is 36.2 Å². The summed E-state index contributed by atoms with van der Waals surface area (Å²) in [5.74, 6) is 0.992. The Labute approximate surface area is 152 Å². The summed E-state index contributed by atoms with van der Waals surface area (Å²) in [5.41, 5.74) is -0.103. The minimum Gasteiger partial charge on any atom is -0.392 e. The number of thiophene rings is 1. The van der Waals surface area contributed by atoms with Gasteiger partial charge in [0, 0.05) is 18.0 Å². The molecule has 0 aliphatic carbocycles. The van der Waals surface area contributed by atoms with E-state index in [1.54, 1.807) is 23.5 Å². The molecule has 0 bridgehead atoms. The highest BCUT2D eigenvalue weighted by Gasteiger charge is 2.15. The molecular weight excluding hydrogens is 334 g/mol. The topological polar surface area (TPSA) is 69.2 Å². The number of nitrogens with zero attached hydrogens (tertiary/aromatic N) is 2. The van der Waals surface area contributed by atoms with E-state index in [4.69, 9.17) is 0 Å². The van der Waals surface area contributed by atoms with Gasteiger partial charge in [0.2, 0.25) is 0 Å². The number of hydrogen-bond donors (Lipinski definition) is 2. The molecule has 0 aromatic carbocycles. The van der Waals surface area contributed by atoms with E-state index in [0.29, 0.717) is 43.2 Å². The van der Waals surface area contributed by atoms with Crippen LogP contribution in [0.1, 0.15) is 43.3 Å². The van der Waals surface area contributed by atoms with Gasteiger partial charge in [0.25, 0.3) is 5.56 Å². The highest BCUT2D eigenvalue weighted by molar-refractivity contribution is 7.18. The van der Waals surface area contributed by atoms with Crippen LogP contribution < -0.4 is 5.56 Å². The first-order chi connectivity index (χ1) is 11.9. The number of aromatic nitrogens is 2. The number of aliphatic hydroxyl groups is 1. The zero-order valence-corrected chi connectivity index (χ0v) is 15.8. The maximum atomic E-state index is 12.4. The van der Waals surface area contributed by atoms with Gasteiger partial charge in [-0.1, -0.05) is 26.0 Å². The fourth-order valence-electron chi connectivity index (χ4n) is 2.65. The second kappa shape index (κ2) is 9.08. The van der Waals surface area contributed by atoms with Crippen LogP contribution in [-0.2, 0) is 6.54 Å². The molecule has 0 saturated heterocycles. The summed E-state index contributed by atoms with van der Waals surface area (Å²) in [6.07, 6.45) is 4.60. The SMILES string of the molecule is C=CCCC(O)CN(CC=C)Cc1nc2sc(C(C)C)cc2c(=O)[nH]1. The Balaban J connectivity index is 2.19. The molecule has 2 heterocycles. The molecule has 0 spiro atoms. The Bertz CT molecular complexity index is 779. The van der Waals surface area contributed by atoms with E-state index in [-0.39, 0.29) is 5.56 Å². The summed E-state index contributed by atoms with van der Waals surface area (Å²) in [6, 6.07) is 1.93. The molecule has 1 atom stereocenters. The molecule has 0 amide bonds. The lowest BCUT2D eigenvalue weighted by Gasteiger charge is -2.23. The van der Waals surface area contributed by atoms with Crippen molar-refractivity contribution in [3.8, 4) is 0 Å². The number of fused-ring (bicyclic) bond motifs is 1. The Morgan fingerprint density at radius 3 is 2.80 bits per heavy atom. The molecule has 5 nitrogen and oxygen atoms in total. The van der Waals surface area contributed by atoms with Gasteiger partial charge in [0.15, 0.2) is 0 Å². The smallest absolute Gasteiger partial charge is 0.259 e. The normalized spacial score (nSPS) is 12.8. The summed E-state index contributed by atoms with van der Waals surface area (Å²) in [7, 11) is 0. The van der Waals surface area contributed by atoms with E-state index in [1.807, 2.05) is 11.0 Å². The van der Waals surface area contributed by atoms with Gasteiger partial charge in [0.05, 0.1) is 18.0 Å². The molecular formula is C19H27N3O2S. The Morgan fingerprint density at radius 1 is 1.40 bits per heavy atom. The number of aromatic amines is 1. The summed E-state index contributed by atoms with van der Waals surface area (Å²) in [5, 5.41) is 10.8. The van der Waals surface area contributed by atoms with Gasteiger partial charge in [-0.3, -0.25) is 9.69 Å². The minimum atomic E-state index is -0.442. The number of aliphatic hydroxyl groups excluding tert-OH is 1. The minimum absolute atomic E-state index is 0.103. The highest BCUT2D eigenvalue weighted by atomic mass is 32.1.